The Kier molecular flexibility index (Phi) is 5.74. The van der Waals surface area contributed by atoms with Gasteiger partial charge in [-0.3, -0.25) is 9.69 Å². The zero-order chi connectivity index (χ0) is 16.1. The highest BCUT2D eigenvalue weighted by molar-refractivity contribution is 7.80. The molecule has 1 saturated heterocycles. The smallest absolute Gasteiger partial charge is 0.238 e. The molecule has 120 valence electrons. The molecular weight excluding hydrogens is 296 g/mol. The van der Waals surface area contributed by atoms with Gasteiger partial charge in [0.1, 0.15) is 0 Å². The van der Waals surface area contributed by atoms with Crippen molar-refractivity contribution in [3.8, 4) is 0 Å². The molecule has 0 unspecified atom stereocenters. The summed E-state index contributed by atoms with van der Waals surface area (Å²) >= 11 is 5.23. The van der Waals surface area contributed by atoms with Crippen molar-refractivity contribution in [2.24, 2.45) is 0 Å². The van der Waals surface area contributed by atoms with E-state index in [9.17, 15) is 4.79 Å². The number of amides is 1. The minimum Gasteiger partial charge on any atom is -0.366 e. The summed E-state index contributed by atoms with van der Waals surface area (Å²) < 4.78 is 0. The Morgan fingerprint density at radius 1 is 1.18 bits per heavy atom. The molecule has 0 aromatic heterocycles. The van der Waals surface area contributed by atoms with Gasteiger partial charge in [0.05, 0.1) is 6.54 Å². The molecule has 1 fully saturated rings. The van der Waals surface area contributed by atoms with Gasteiger partial charge >= 0.3 is 0 Å². The van der Waals surface area contributed by atoms with Gasteiger partial charge in [-0.1, -0.05) is 18.2 Å². The fourth-order valence-electron chi connectivity index (χ4n) is 2.66. The van der Waals surface area contributed by atoms with Gasteiger partial charge in [-0.2, -0.15) is 0 Å². The number of benzene rings is 1. The second-order valence-corrected chi connectivity index (χ2v) is 6.02. The van der Waals surface area contributed by atoms with E-state index < -0.39 is 0 Å². The molecule has 1 aromatic carbocycles. The van der Waals surface area contributed by atoms with Gasteiger partial charge in [-0.25, -0.2) is 0 Å². The lowest BCUT2D eigenvalue weighted by Gasteiger charge is -2.35. The Balaban J connectivity index is 1.85. The summed E-state index contributed by atoms with van der Waals surface area (Å²) in [4.78, 5) is 16.6. The quantitative estimate of drug-likeness (QED) is 0.824. The standard InChI is InChI=1S/C16H24N4OS/c1-12-5-4-6-13(2)15(12)18-14(21)11-19-7-9-20(10-8-19)16(22)17-3/h4-6H,7-11H2,1-3H3,(H,17,22)(H,18,21). The fraction of sp³-hybridized carbons (Fsp3) is 0.500. The maximum atomic E-state index is 12.3. The number of anilines is 1. The van der Waals surface area contributed by atoms with E-state index in [4.69, 9.17) is 12.2 Å². The molecule has 1 aromatic rings. The minimum atomic E-state index is 0.0436. The van der Waals surface area contributed by atoms with Crippen LogP contribution in [0.25, 0.3) is 0 Å². The number of para-hydroxylation sites is 1. The molecule has 0 bridgehead atoms. The summed E-state index contributed by atoms with van der Waals surface area (Å²) in [5.41, 5.74) is 3.12. The van der Waals surface area contributed by atoms with Crippen LogP contribution in [0, 0.1) is 13.8 Å². The predicted octanol–water partition coefficient (Wildman–Crippen LogP) is 1.36. The van der Waals surface area contributed by atoms with E-state index in [0.29, 0.717) is 6.54 Å². The molecule has 2 N–H and O–H groups in total. The van der Waals surface area contributed by atoms with E-state index in [2.05, 4.69) is 20.4 Å². The number of rotatable bonds is 3. The second kappa shape index (κ2) is 7.56. The maximum Gasteiger partial charge on any atom is 0.238 e. The molecule has 6 heteroatoms. The van der Waals surface area contributed by atoms with Crippen molar-refractivity contribution < 1.29 is 4.79 Å². The topological polar surface area (TPSA) is 47.6 Å². The normalized spacial score (nSPS) is 15.5. The van der Waals surface area contributed by atoms with Crippen molar-refractivity contribution in [1.82, 2.24) is 15.1 Å². The highest BCUT2D eigenvalue weighted by atomic mass is 32.1. The van der Waals surface area contributed by atoms with Crippen molar-refractivity contribution in [2.45, 2.75) is 13.8 Å². The first-order chi connectivity index (χ1) is 10.5. The Bertz CT molecular complexity index is 533. The third kappa shape index (κ3) is 4.18. The van der Waals surface area contributed by atoms with Crippen LogP contribution in [0.1, 0.15) is 11.1 Å². The molecule has 1 heterocycles. The third-order valence-corrected chi connectivity index (χ3v) is 4.45. The van der Waals surface area contributed by atoms with Crippen LogP contribution in [0.4, 0.5) is 5.69 Å². The van der Waals surface area contributed by atoms with Crippen molar-refractivity contribution in [1.29, 1.82) is 0 Å². The highest BCUT2D eigenvalue weighted by Crippen LogP contribution is 2.19. The Morgan fingerprint density at radius 3 is 2.32 bits per heavy atom. The molecule has 0 aliphatic carbocycles. The van der Waals surface area contributed by atoms with Gasteiger partial charge in [0.25, 0.3) is 0 Å². The number of aryl methyl sites for hydroxylation is 2. The van der Waals surface area contributed by atoms with Crippen LogP contribution < -0.4 is 10.6 Å². The number of carbonyl (C=O) groups excluding carboxylic acids is 1. The fourth-order valence-corrected chi connectivity index (χ4v) is 2.84. The summed E-state index contributed by atoms with van der Waals surface area (Å²) in [6.07, 6.45) is 0. The molecule has 0 atom stereocenters. The summed E-state index contributed by atoms with van der Waals surface area (Å²) in [6.45, 7) is 7.87. The summed E-state index contributed by atoms with van der Waals surface area (Å²) in [5.74, 6) is 0.0436. The molecule has 1 aliphatic heterocycles. The average molecular weight is 320 g/mol. The summed E-state index contributed by atoms with van der Waals surface area (Å²) in [5, 5.41) is 6.81. The van der Waals surface area contributed by atoms with Gasteiger partial charge < -0.3 is 15.5 Å². The molecule has 22 heavy (non-hydrogen) atoms. The summed E-state index contributed by atoms with van der Waals surface area (Å²) in [6, 6.07) is 6.03. The number of piperazine rings is 1. The maximum absolute atomic E-state index is 12.3. The zero-order valence-electron chi connectivity index (χ0n) is 13.5. The van der Waals surface area contributed by atoms with Crippen molar-refractivity contribution in [3.63, 3.8) is 0 Å². The predicted molar refractivity (Wildman–Crippen MR) is 94.2 cm³/mol. The van der Waals surface area contributed by atoms with Crippen LogP contribution in [0.3, 0.4) is 0 Å². The average Bonchev–Trinajstić information content (AvgIpc) is 2.51. The number of nitrogens with zero attached hydrogens (tertiary/aromatic N) is 2. The molecule has 1 amide bonds. The first-order valence-corrected chi connectivity index (χ1v) is 7.97. The van der Waals surface area contributed by atoms with Crippen molar-refractivity contribution in [3.05, 3.63) is 29.3 Å². The Labute approximate surface area is 137 Å². The first-order valence-electron chi connectivity index (χ1n) is 7.56. The lowest BCUT2D eigenvalue weighted by Crippen LogP contribution is -2.52. The SMILES string of the molecule is CNC(=S)N1CCN(CC(=O)Nc2c(C)cccc2C)CC1. The number of thiocarbonyl (C=S) groups is 1. The van der Waals surface area contributed by atoms with Crippen LogP contribution in [0.2, 0.25) is 0 Å². The number of hydrogen-bond acceptors (Lipinski definition) is 3. The lowest BCUT2D eigenvalue weighted by atomic mass is 10.1. The molecule has 5 nitrogen and oxygen atoms in total. The number of nitrogens with one attached hydrogen (secondary N) is 2. The van der Waals surface area contributed by atoms with E-state index in [-0.39, 0.29) is 5.91 Å². The molecular formula is C16H24N4OS. The molecule has 0 radical (unpaired) electrons. The van der Waals surface area contributed by atoms with E-state index in [1.165, 1.54) is 0 Å². The Morgan fingerprint density at radius 2 is 1.77 bits per heavy atom. The van der Waals surface area contributed by atoms with E-state index in [1.54, 1.807) is 0 Å². The summed E-state index contributed by atoms with van der Waals surface area (Å²) in [7, 11) is 1.84. The van der Waals surface area contributed by atoms with Gasteiger partial charge in [0.2, 0.25) is 5.91 Å². The largest absolute Gasteiger partial charge is 0.366 e. The van der Waals surface area contributed by atoms with Crippen LogP contribution in [0.15, 0.2) is 18.2 Å². The van der Waals surface area contributed by atoms with E-state index in [0.717, 1.165) is 48.1 Å². The van der Waals surface area contributed by atoms with Crippen LogP contribution in [0.5, 0.6) is 0 Å². The molecule has 1 aliphatic rings. The highest BCUT2D eigenvalue weighted by Gasteiger charge is 2.20. The lowest BCUT2D eigenvalue weighted by molar-refractivity contribution is -0.117. The van der Waals surface area contributed by atoms with Gasteiger partial charge in [0, 0.05) is 38.9 Å². The zero-order valence-corrected chi connectivity index (χ0v) is 14.3. The molecule has 0 spiro atoms. The van der Waals surface area contributed by atoms with Crippen LogP contribution in [-0.2, 0) is 4.79 Å². The van der Waals surface area contributed by atoms with Crippen molar-refractivity contribution in [2.75, 3.05) is 45.1 Å². The third-order valence-electron chi connectivity index (χ3n) is 3.99. The Hall–Kier alpha value is -1.66. The number of carbonyl (C=O) groups is 1. The van der Waals surface area contributed by atoms with E-state index in [1.807, 2.05) is 39.1 Å². The van der Waals surface area contributed by atoms with Crippen LogP contribution in [-0.4, -0.2) is 60.6 Å². The van der Waals surface area contributed by atoms with Gasteiger partial charge in [0.15, 0.2) is 5.11 Å². The number of hydrogen-bond donors (Lipinski definition) is 2. The minimum absolute atomic E-state index is 0.0436. The van der Waals surface area contributed by atoms with Crippen molar-refractivity contribution >= 4 is 28.9 Å². The molecule has 2 rings (SSSR count). The first kappa shape index (κ1) is 16.7. The van der Waals surface area contributed by atoms with Gasteiger partial charge in [-0.15, -0.1) is 0 Å². The van der Waals surface area contributed by atoms with Gasteiger partial charge in [-0.05, 0) is 37.2 Å². The monoisotopic (exact) mass is 320 g/mol. The van der Waals surface area contributed by atoms with E-state index >= 15 is 0 Å². The second-order valence-electron chi connectivity index (χ2n) is 5.63. The molecule has 0 saturated carbocycles. The van der Waals surface area contributed by atoms with Crippen LogP contribution >= 0.6 is 12.2 Å².